The molecular weight excluding hydrogens is 384 g/mol. The first-order valence-corrected chi connectivity index (χ1v) is 9.49. The fourth-order valence-electron chi connectivity index (χ4n) is 2.83. The van der Waals surface area contributed by atoms with Crippen LogP contribution in [0.4, 0.5) is 11.5 Å². The van der Waals surface area contributed by atoms with Crippen molar-refractivity contribution in [2.24, 2.45) is 0 Å². The molecule has 8 nitrogen and oxygen atoms in total. The summed E-state index contributed by atoms with van der Waals surface area (Å²) < 4.78 is 6.86. The van der Waals surface area contributed by atoms with Gasteiger partial charge in [0.05, 0.1) is 0 Å². The van der Waals surface area contributed by atoms with Crippen LogP contribution in [0.2, 0.25) is 5.02 Å². The third kappa shape index (κ3) is 4.75. The largest absolute Gasteiger partial charge is 0.483 e. The number of benzene rings is 1. The van der Waals surface area contributed by atoms with Gasteiger partial charge in [-0.2, -0.15) is 0 Å². The molecule has 0 aliphatic rings. The molecule has 1 aromatic carbocycles. The monoisotopic (exact) mass is 408 g/mol. The number of nitrogen functional groups attached to an aromatic ring is 1. The lowest BCUT2D eigenvalue weighted by molar-refractivity contribution is -0.120. The number of hydrogen-bond donors (Lipinski definition) is 2. The Balaban J connectivity index is 2.29. The van der Waals surface area contributed by atoms with Crippen molar-refractivity contribution in [3.8, 4) is 5.75 Å². The summed E-state index contributed by atoms with van der Waals surface area (Å²) in [4.78, 5) is 40.6. The van der Waals surface area contributed by atoms with Gasteiger partial charge < -0.3 is 15.4 Å². The molecule has 0 fully saturated rings. The van der Waals surface area contributed by atoms with Crippen LogP contribution in [0.3, 0.4) is 0 Å². The molecule has 0 atom stereocenters. The molecular formula is C19H25ClN4O4. The summed E-state index contributed by atoms with van der Waals surface area (Å²) in [6, 6.07) is 5.07. The number of unbranched alkanes of at least 4 members (excludes halogenated alkanes) is 1. The molecule has 28 heavy (non-hydrogen) atoms. The fourth-order valence-corrected chi connectivity index (χ4v) is 3.05. The molecule has 0 saturated carbocycles. The number of aryl methyl sites for hydroxylation is 1. The average Bonchev–Trinajstić information content (AvgIpc) is 2.64. The third-order valence-electron chi connectivity index (χ3n) is 4.32. The molecule has 1 aromatic heterocycles. The smallest absolute Gasteiger partial charge is 0.330 e. The SMILES string of the molecule is CCCCn1c(N)c(N(CC)C(=O)COc2ccc(Cl)cc2C)c(=O)[nH]c1=O. The van der Waals surface area contributed by atoms with E-state index in [4.69, 9.17) is 22.1 Å². The molecule has 0 unspecified atom stereocenters. The number of nitrogens with two attached hydrogens (primary N) is 1. The molecule has 0 aliphatic heterocycles. The molecule has 152 valence electrons. The van der Waals surface area contributed by atoms with E-state index >= 15 is 0 Å². The lowest BCUT2D eigenvalue weighted by atomic mass is 10.2. The maximum absolute atomic E-state index is 12.7. The fraction of sp³-hybridized carbons (Fsp3) is 0.421. The first-order chi connectivity index (χ1) is 13.3. The summed E-state index contributed by atoms with van der Waals surface area (Å²) >= 11 is 5.92. The van der Waals surface area contributed by atoms with Gasteiger partial charge >= 0.3 is 5.69 Å². The van der Waals surface area contributed by atoms with Crippen molar-refractivity contribution in [1.29, 1.82) is 0 Å². The van der Waals surface area contributed by atoms with Crippen LogP contribution >= 0.6 is 11.6 Å². The third-order valence-corrected chi connectivity index (χ3v) is 4.56. The highest BCUT2D eigenvalue weighted by Gasteiger charge is 2.23. The number of rotatable bonds is 8. The zero-order valence-electron chi connectivity index (χ0n) is 16.3. The van der Waals surface area contributed by atoms with Crippen LogP contribution in [-0.2, 0) is 11.3 Å². The van der Waals surface area contributed by atoms with Gasteiger partial charge in [-0.3, -0.25) is 19.1 Å². The molecule has 0 bridgehead atoms. The Morgan fingerprint density at radius 1 is 1.32 bits per heavy atom. The van der Waals surface area contributed by atoms with Gasteiger partial charge in [0, 0.05) is 18.1 Å². The van der Waals surface area contributed by atoms with E-state index in [9.17, 15) is 14.4 Å². The number of nitrogens with one attached hydrogen (secondary N) is 1. The van der Waals surface area contributed by atoms with E-state index in [1.54, 1.807) is 25.1 Å². The summed E-state index contributed by atoms with van der Waals surface area (Å²) in [5.41, 5.74) is 5.54. The molecule has 1 amide bonds. The molecule has 1 heterocycles. The van der Waals surface area contributed by atoms with Gasteiger partial charge in [0.25, 0.3) is 11.5 Å². The van der Waals surface area contributed by atoms with Crippen molar-refractivity contribution in [2.45, 2.75) is 40.2 Å². The Bertz CT molecular complexity index is 967. The summed E-state index contributed by atoms with van der Waals surface area (Å²) in [7, 11) is 0. The lowest BCUT2D eigenvalue weighted by Gasteiger charge is -2.23. The molecule has 2 aromatic rings. The Hall–Kier alpha value is -2.74. The zero-order valence-corrected chi connectivity index (χ0v) is 17.0. The number of halogens is 1. The van der Waals surface area contributed by atoms with Crippen LogP contribution in [0, 0.1) is 6.92 Å². The topological polar surface area (TPSA) is 110 Å². The van der Waals surface area contributed by atoms with Gasteiger partial charge in [-0.05, 0) is 44.0 Å². The Morgan fingerprint density at radius 3 is 2.64 bits per heavy atom. The number of aromatic amines is 1. The number of H-pyrrole nitrogens is 1. The Kier molecular flexibility index (Phi) is 7.28. The minimum absolute atomic E-state index is 0.0277. The average molecular weight is 409 g/mol. The van der Waals surface area contributed by atoms with Gasteiger partial charge in [0.1, 0.15) is 11.6 Å². The second-order valence-electron chi connectivity index (χ2n) is 6.33. The number of anilines is 2. The summed E-state index contributed by atoms with van der Waals surface area (Å²) in [6.45, 7) is 5.77. The van der Waals surface area contributed by atoms with E-state index in [0.29, 0.717) is 23.7 Å². The van der Waals surface area contributed by atoms with Crippen molar-refractivity contribution < 1.29 is 9.53 Å². The van der Waals surface area contributed by atoms with Gasteiger partial charge in [-0.25, -0.2) is 4.79 Å². The maximum Gasteiger partial charge on any atom is 0.330 e. The van der Waals surface area contributed by atoms with Crippen molar-refractivity contribution in [1.82, 2.24) is 9.55 Å². The first kappa shape index (κ1) is 21.6. The molecule has 2 rings (SSSR count). The standard InChI is InChI=1S/C19H25ClN4O4/c1-4-6-9-24-17(21)16(18(26)22-19(24)27)23(5-2)15(25)11-28-14-8-7-13(20)10-12(14)3/h7-8,10H,4-6,9,11,21H2,1-3H3,(H,22,26,27). The van der Waals surface area contributed by atoms with E-state index in [1.807, 2.05) is 13.8 Å². The number of carbonyl (C=O) groups excluding carboxylic acids is 1. The number of hydrogen-bond acceptors (Lipinski definition) is 5. The molecule has 0 aliphatic carbocycles. The summed E-state index contributed by atoms with van der Waals surface area (Å²) in [6.07, 6.45) is 1.57. The van der Waals surface area contributed by atoms with Gasteiger partial charge in [0.2, 0.25) is 0 Å². The molecule has 0 spiro atoms. The van der Waals surface area contributed by atoms with Crippen LogP contribution in [0.1, 0.15) is 32.3 Å². The molecule has 3 N–H and O–H groups in total. The van der Waals surface area contributed by atoms with Gasteiger partial charge in [-0.1, -0.05) is 24.9 Å². The highest BCUT2D eigenvalue weighted by atomic mass is 35.5. The van der Waals surface area contributed by atoms with Crippen molar-refractivity contribution in [3.63, 3.8) is 0 Å². The zero-order chi connectivity index (χ0) is 20.8. The van der Waals surface area contributed by atoms with Crippen molar-refractivity contribution in [3.05, 3.63) is 49.6 Å². The quantitative estimate of drug-likeness (QED) is 0.696. The van der Waals surface area contributed by atoms with Crippen LogP contribution in [0.25, 0.3) is 0 Å². The molecule has 0 saturated heterocycles. The summed E-state index contributed by atoms with van der Waals surface area (Å²) in [5, 5.41) is 0.569. The van der Waals surface area contributed by atoms with E-state index < -0.39 is 17.2 Å². The van der Waals surface area contributed by atoms with E-state index in [2.05, 4.69) is 4.98 Å². The van der Waals surface area contributed by atoms with Gasteiger partial charge in [0.15, 0.2) is 12.3 Å². The first-order valence-electron chi connectivity index (χ1n) is 9.12. The number of nitrogens with zero attached hydrogens (tertiary/aromatic N) is 2. The van der Waals surface area contributed by atoms with Crippen LogP contribution in [0.5, 0.6) is 5.75 Å². The van der Waals surface area contributed by atoms with Crippen molar-refractivity contribution >= 4 is 29.0 Å². The number of ether oxygens (including phenoxy) is 1. The van der Waals surface area contributed by atoms with E-state index in [-0.39, 0.29) is 24.7 Å². The Labute approximate surface area is 167 Å². The number of amides is 1. The highest BCUT2D eigenvalue weighted by molar-refractivity contribution is 6.30. The predicted molar refractivity (Wildman–Crippen MR) is 110 cm³/mol. The minimum atomic E-state index is -0.701. The highest BCUT2D eigenvalue weighted by Crippen LogP contribution is 2.22. The predicted octanol–water partition coefficient (Wildman–Crippen LogP) is 2.31. The van der Waals surface area contributed by atoms with E-state index in [0.717, 1.165) is 12.0 Å². The lowest BCUT2D eigenvalue weighted by Crippen LogP contribution is -2.42. The Morgan fingerprint density at radius 2 is 2.04 bits per heavy atom. The van der Waals surface area contributed by atoms with E-state index in [1.165, 1.54) is 9.47 Å². The molecule has 0 radical (unpaired) electrons. The molecule has 9 heteroatoms. The number of likely N-dealkylation sites (N-methyl/N-ethyl adjacent to an activating group) is 1. The van der Waals surface area contributed by atoms with Crippen LogP contribution < -0.4 is 26.6 Å². The van der Waals surface area contributed by atoms with Crippen molar-refractivity contribution in [2.75, 3.05) is 23.8 Å². The minimum Gasteiger partial charge on any atom is -0.483 e. The summed E-state index contributed by atoms with van der Waals surface area (Å²) in [5.74, 6) is 0.0402. The number of carbonyl (C=O) groups is 1. The second-order valence-corrected chi connectivity index (χ2v) is 6.77. The normalized spacial score (nSPS) is 10.7. The van der Waals surface area contributed by atoms with Crippen LogP contribution in [-0.4, -0.2) is 28.6 Å². The van der Waals surface area contributed by atoms with Gasteiger partial charge in [-0.15, -0.1) is 0 Å². The second kappa shape index (κ2) is 9.45. The maximum atomic E-state index is 12.7. The number of aromatic nitrogens is 2. The van der Waals surface area contributed by atoms with Crippen LogP contribution in [0.15, 0.2) is 27.8 Å².